The van der Waals surface area contributed by atoms with Gasteiger partial charge in [0.1, 0.15) is 0 Å². The van der Waals surface area contributed by atoms with E-state index < -0.39 is 0 Å². The Hall–Kier alpha value is -1.36. The van der Waals surface area contributed by atoms with E-state index in [-0.39, 0.29) is 0 Å². The van der Waals surface area contributed by atoms with Gasteiger partial charge in [0.05, 0.1) is 5.69 Å². The molecule has 2 rings (SSSR count). The molecule has 74 valence electrons. The van der Waals surface area contributed by atoms with Gasteiger partial charge in [0.15, 0.2) is 5.13 Å². The van der Waals surface area contributed by atoms with Gasteiger partial charge < -0.3 is 5.73 Å². The van der Waals surface area contributed by atoms with Crippen molar-refractivity contribution in [3.05, 3.63) is 28.5 Å². The minimum absolute atomic E-state index is 0.626. The molecule has 0 aliphatic rings. The zero-order chi connectivity index (χ0) is 10.1. The quantitative estimate of drug-likeness (QED) is 0.810. The van der Waals surface area contributed by atoms with Crippen LogP contribution in [0.4, 0.5) is 5.13 Å². The highest BCUT2D eigenvalue weighted by molar-refractivity contribution is 7.15. The number of nitrogens with two attached hydrogens (primary N) is 1. The summed E-state index contributed by atoms with van der Waals surface area (Å²) in [5.74, 6) is 0. The van der Waals surface area contributed by atoms with Crippen LogP contribution in [0.2, 0.25) is 0 Å². The summed E-state index contributed by atoms with van der Waals surface area (Å²) in [4.78, 5) is 5.20. The first-order valence-electron chi connectivity index (χ1n) is 4.34. The number of hydrogen-bond donors (Lipinski definition) is 1. The molecule has 0 unspecified atom stereocenters. The molecule has 2 aromatic rings. The van der Waals surface area contributed by atoms with Gasteiger partial charge in [0.2, 0.25) is 0 Å². The predicted octanol–water partition coefficient (Wildman–Crippen LogP) is 1.36. The van der Waals surface area contributed by atoms with E-state index in [1.807, 2.05) is 31.0 Å². The molecule has 0 bridgehead atoms. The molecule has 0 saturated heterocycles. The maximum Gasteiger partial charge on any atom is 0.180 e. The minimum atomic E-state index is 0.626. The number of aromatic nitrogens is 3. The van der Waals surface area contributed by atoms with Crippen molar-refractivity contribution in [1.29, 1.82) is 0 Å². The molecular weight excluding hydrogens is 196 g/mol. The summed E-state index contributed by atoms with van der Waals surface area (Å²) in [7, 11) is 1.93. The fourth-order valence-corrected chi connectivity index (χ4v) is 2.12. The molecule has 0 aliphatic heterocycles. The Morgan fingerprint density at radius 2 is 2.36 bits per heavy atom. The lowest BCUT2D eigenvalue weighted by Gasteiger charge is -1.92. The molecule has 0 aromatic carbocycles. The third-order valence-corrected chi connectivity index (χ3v) is 2.88. The second-order valence-electron chi connectivity index (χ2n) is 3.26. The number of nitrogen functional groups attached to an aromatic ring is 1. The highest BCUT2D eigenvalue weighted by atomic mass is 32.1. The highest BCUT2D eigenvalue weighted by Crippen LogP contribution is 2.19. The number of thiazole rings is 1. The lowest BCUT2D eigenvalue weighted by Crippen LogP contribution is -1.86. The summed E-state index contributed by atoms with van der Waals surface area (Å²) in [5.41, 5.74) is 7.86. The summed E-state index contributed by atoms with van der Waals surface area (Å²) in [6.45, 7) is 2.01. The molecule has 0 fully saturated rings. The van der Waals surface area contributed by atoms with Crippen molar-refractivity contribution in [3.63, 3.8) is 0 Å². The van der Waals surface area contributed by atoms with E-state index in [1.165, 1.54) is 21.8 Å². The first-order chi connectivity index (χ1) is 6.65. The van der Waals surface area contributed by atoms with Gasteiger partial charge in [-0.3, -0.25) is 4.68 Å². The molecule has 0 spiro atoms. The first kappa shape index (κ1) is 9.21. The Balaban J connectivity index is 2.22. The average molecular weight is 208 g/mol. The topological polar surface area (TPSA) is 56.7 Å². The SMILES string of the molecule is Cc1nn(C)cc1Cc1cnc(N)s1. The molecule has 0 aliphatic carbocycles. The Morgan fingerprint density at radius 1 is 1.57 bits per heavy atom. The molecule has 0 radical (unpaired) electrons. The van der Waals surface area contributed by atoms with Gasteiger partial charge in [0.25, 0.3) is 0 Å². The monoisotopic (exact) mass is 208 g/mol. The average Bonchev–Trinajstić information content (AvgIpc) is 2.61. The highest BCUT2D eigenvalue weighted by Gasteiger charge is 2.06. The molecule has 2 N–H and O–H groups in total. The summed E-state index contributed by atoms with van der Waals surface area (Å²) in [5, 5.41) is 4.91. The van der Waals surface area contributed by atoms with Crippen molar-refractivity contribution in [2.75, 3.05) is 5.73 Å². The van der Waals surface area contributed by atoms with Crippen LogP contribution < -0.4 is 5.73 Å². The summed E-state index contributed by atoms with van der Waals surface area (Å²) >= 11 is 1.53. The zero-order valence-corrected chi connectivity index (χ0v) is 9.01. The van der Waals surface area contributed by atoms with Crippen LogP contribution >= 0.6 is 11.3 Å². The molecule has 4 nitrogen and oxygen atoms in total. The zero-order valence-electron chi connectivity index (χ0n) is 8.19. The van der Waals surface area contributed by atoms with Crippen molar-refractivity contribution in [2.24, 2.45) is 7.05 Å². The third kappa shape index (κ3) is 1.77. The van der Waals surface area contributed by atoms with Crippen LogP contribution in [0.5, 0.6) is 0 Å². The van der Waals surface area contributed by atoms with E-state index in [2.05, 4.69) is 10.1 Å². The number of anilines is 1. The normalized spacial score (nSPS) is 10.7. The Morgan fingerprint density at radius 3 is 2.86 bits per heavy atom. The number of aryl methyl sites for hydroxylation is 2. The molecule has 0 atom stereocenters. The minimum Gasteiger partial charge on any atom is -0.375 e. The Bertz CT molecular complexity index is 443. The van der Waals surface area contributed by atoms with Gasteiger partial charge in [-0.15, -0.1) is 11.3 Å². The van der Waals surface area contributed by atoms with Crippen molar-refractivity contribution < 1.29 is 0 Å². The van der Waals surface area contributed by atoms with Crippen molar-refractivity contribution in [1.82, 2.24) is 14.8 Å². The van der Waals surface area contributed by atoms with Gasteiger partial charge in [0, 0.05) is 30.7 Å². The fraction of sp³-hybridized carbons (Fsp3) is 0.333. The predicted molar refractivity (Wildman–Crippen MR) is 57.3 cm³/mol. The van der Waals surface area contributed by atoms with E-state index in [1.54, 1.807) is 0 Å². The lowest BCUT2D eigenvalue weighted by molar-refractivity contribution is 0.756. The van der Waals surface area contributed by atoms with Gasteiger partial charge in [-0.2, -0.15) is 5.10 Å². The van der Waals surface area contributed by atoms with Crippen molar-refractivity contribution in [2.45, 2.75) is 13.3 Å². The van der Waals surface area contributed by atoms with Gasteiger partial charge >= 0.3 is 0 Å². The summed E-state index contributed by atoms with van der Waals surface area (Å²) in [6.07, 6.45) is 4.73. The van der Waals surface area contributed by atoms with Crippen LogP contribution in [0, 0.1) is 6.92 Å². The number of nitrogens with zero attached hydrogens (tertiary/aromatic N) is 3. The molecule has 2 heterocycles. The summed E-state index contributed by atoms with van der Waals surface area (Å²) in [6, 6.07) is 0. The molecular formula is C9H12N4S. The summed E-state index contributed by atoms with van der Waals surface area (Å²) < 4.78 is 1.83. The van der Waals surface area contributed by atoms with Gasteiger partial charge in [-0.25, -0.2) is 4.98 Å². The molecule has 2 aromatic heterocycles. The second-order valence-corrected chi connectivity index (χ2v) is 4.40. The molecule has 0 saturated carbocycles. The standard InChI is InChI=1S/C9H12N4S/c1-6-7(5-13(2)12-6)3-8-4-11-9(10)14-8/h4-5H,3H2,1-2H3,(H2,10,11). The van der Waals surface area contributed by atoms with E-state index in [0.717, 1.165) is 12.1 Å². The Kier molecular flexibility index (Phi) is 2.25. The van der Waals surface area contributed by atoms with Crippen LogP contribution in [0.15, 0.2) is 12.4 Å². The van der Waals surface area contributed by atoms with Crippen LogP contribution in [0.1, 0.15) is 16.1 Å². The van der Waals surface area contributed by atoms with Crippen LogP contribution in [-0.2, 0) is 13.5 Å². The lowest BCUT2D eigenvalue weighted by atomic mass is 10.2. The first-order valence-corrected chi connectivity index (χ1v) is 5.16. The van der Waals surface area contributed by atoms with Crippen LogP contribution in [0.3, 0.4) is 0 Å². The number of rotatable bonds is 2. The van der Waals surface area contributed by atoms with Crippen molar-refractivity contribution in [3.8, 4) is 0 Å². The molecule has 14 heavy (non-hydrogen) atoms. The molecule has 5 heteroatoms. The third-order valence-electron chi connectivity index (χ3n) is 2.05. The smallest absolute Gasteiger partial charge is 0.180 e. The maximum atomic E-state index is 5.56. The van der Waals surface area contributed by atoms with Crippen LogP contribution in [-0.4, -0.2) is 14.8 Å². The second kappa shape index (κ2) is 3.42. The molecule has 0 amide bonds. The van der Waals surface area contributed by atoms with E-state index in [4.69, 9.17) is 5.73 Å². The van der Waals surface area contributed by atoms with Gasteiger partial charge in [-0.1, -0.05) is 0 Å². The van der Waals surface area contributed by atoms with Crippen molar-refractivity contribution >= 4 is 16.5 Å². The fourth-order valence-electron chi connectivity index (χ4n) is 1.41. The van der Waals surface area contributed by atoms with E-state index >= 15 is 0 Å². The van der Waals surface area contributed by atoms with E-state index in [9.17, 15) is 0 Å². The Labute approximate surface area is 86.4 Å². The largest absolute Gasteiger partial charge is 0.375 e. The maximum absolute atomic E-state index is 5.56. The van der Waals surface area contributed by atoms with Crippen LogP contribution in [0.25, 0.3) is 0 Å². The number of hydrogen-bond acceptors (Lipinski definition) is 4. The van der Waals surface area contributed by atoms with E-state index in [0.29, 0.717) is 5.13 Å². The van der Waals surface area contributed by atoms with Gasteiger partial charge in [-0.05, 0) is 12.5 Å².